The van der Waals surface area contributed by atoms with Gasteiger partial charge in [0.1, 0.15) is 0 Å². The van der Waals surface area contributed by atoms with Gasteiger partial charge in [-0.15, -0.1) is 11.3 Å². The van der Waals surface area contributed by atoms with Crippen LogP contribution in [0, 0.1) is 18.8 Å². The fraction of sp³-hybridized carbons (Fsp3) is 0.200. The number of aryl methyl sites for hydroxylation is 1. The van der Waals surface area contributed by atoms with Gasteiger partial charge in [0.05, 0.1) is 29.9 Å². The van der Waals surface area contributed by atoms with Crippen molar-refractivity contribution in [2.24, 2.45) is 5.73 Å². The number of hydrogen-bond donors (Lipinski definition) is 2. The lowest BCUT2D eigenvalue weighted by molar-refractivity contribution is 0.0950. The molecule has 0 aliphatic rings. The van der Waals surface area contributed by atoms with Gasteiger partial charge in [-0.2, -0.15) is 0 Å². The van der Waals surface area contributed by atoms with Crippen LogP contribution >= 0.6 is 11.3 Å². The molecule has 2 aromatic rings. The van der Waals surface area contributed by atoms with Crippen molar-refractivity contribution >= 4 is 17.2 Å². The summed E-state index contributed by atoms with van der Waals surface area (Å²) in [7, 11) is 0. The van der Waals surface area contributed by atoms with Gasteiger partial charge in [-0.3, -0.25) is 4.79 Å². The van der Waals surface area contributed by atoms with Gasteiger partial charge in [0.15, 0.2) is 0 Å². The third-order valence-corrected chi connectivity index (χ3v) is 3.29. The van der Waals surface area contributed by atoms with Crippen LogP contribution in [0.25, 0.3) is 0 Å². The summed E-state index contributed by atoms with van der Waals surface area (Å²) >= 11 is 1.50. The summed E-state index contributed by atoms with van der Waals surface area (Å²) in [6, 6.07) is 5.57. The molecule has 0 bridgehead atoms. The summed E-state index contributed by atoms with van der Waals surface area (Å²) in [5.74, 6) is 5.57. The fourth-order valence-electron chi connectivity index (χ4n) is 1.70. The van der Waals surface area contributed by atoms with Crippen molar-refractivity contribution in [2.45, 2.75) is 13.5 Å². The Morgan fingerprint density at radius 3 is 3.05 bits per heavy atom. The molecule has 4 nitrogen and oxygen atoms in total. The van der Waals surface area contributed by atoms with E-state index in [1.54, 1.807) is 11.6 Å². The Kier molecular flexibility index (Phi) is 4.88. The zero-order valence-electron chi connectivity index (χ0n) is 11.1. The minimum Gasteiger partial charge on any atom is -0.346 e. The second-order valence-corrected chi connectivity index (χ2v) is 4.94. The molecule has 3 N–H and O–H groups in total. The smallest absolute Gasteiger partial charge is 0.252 e. The Bertz CT molecular complexity index is 653. The molecule has 0 radical (unpaired) electrons. The predicted molar refractivity (Wildman–Crippen MR) is 80.4 cm³/mol. The van der Waals surface area contributed by atoms with Gasteiger partial charge in [-0.25, -0.2) is 4.98 Å². The SMILES string of the molecule is Cc1ccc(C(=O)NCc2cscn2)c(C#CCN)c1. The van der Waals surface area contributed by atoms with E-state index in [-0.39, 0.29) is 12.5 Å². The molecule has 1 amide bonds. The van der Waals surface area contributed by atoms with Crippen molar-refractivity contribution in [1.82, 2.24) is 10.3 Å². The molecule has 0 aliphatic carbocycles. The summed E-state index contributed by atoms with van der Waals surface area (Å²) in [6.07, 6.45) is 0. The number of hydrogen-bond acceptors (Lipinski definition) is 4. The van der Waals surface area contributed by atoms with Gasteiger partial charge < -0.3 is 11.1 Å². The van der Waals surface area contributed by atoms with E-state index in [0.29, 0.717) is 17.7 Å². The Morgan fingerprint density at radius 2 is 2.35 bits per heavy atom. The normalized spacial score (nSPS) is 9.70. The van der Waals surface area contributed by atoms with Crippen LogP contribution in [0.15, 0.2) is 29.1 Å². The minimum absolute atomic E-state index is 0.153. The number of carbonyl (C=O) groups is 1. The van der Waals surface area contributed by atoms with Gasteiger partial charge in [0.2, 0.25) is 0 Å². The second-order valence-electron chi connectivity index (χ2n) is 4.22. The first-order chi connectivity index (χ1) is 9.70. The average Bonchev–Trinajstić information content (AvgIpc) is 2.96. The van der Waals surface area contributed by atoms with Crippen LogP contribution < -0.4 is 11.1 Å². The number of aromatic nitrogens is 1. The van der Waals surface area contributed by atoms with E-state index in [1.165, 1.54) is 11.3 Å². The fourth-order valence-corrected chi connectivity index (χ4v) is 2.26. The molecule has 1 heterocycles. The molecule has 1 aromatic carbocycles. The van der Waals surface area contributed by atoms with Crippen LogP contribution in [0.1, 0.15) is 27.2 Å². The van der Waals surface area contributed by atoms with Gasteiger partial charge in [-0.05, 0) is 24.6 Å². The number of amides is 1. The van der Waals surface area contributed by atoms with Crippen LogP contribution in [0.5, 0.6) is 0 Å². The molecule has 0 atom stereocenters. The summed E-state index contributed by atoms with van der Waals surface area (Å²) in [5, 5.41) is 4.75. The van der Waals surface area contributed by atoms with Gasteiger partial charge >= 0.3 is 0 Å². The monoisotopic (exact) mass is 285 g/mol. The number of benzene rings is 1. The summed E-state index contributed by atoms with van der Waals surface area (Å²) in [6.45, 7) is 2.65. The third kappa shape index (κ3) is 3.67. The highest BCUT2D eigenvalue weighted by atomic mass is 32.1. The Labute approximate surface area is 122 Å². The van der Waals surface area contributed by atoms with E-state index in [0.717, 1.165) is 11.3 Å². The van der Waals surface area contributed by atoms with E-state index in [2.05, 4.69) is 22.1 Å². The van der Waals surface area contributed by atoms with Crippen molar-refractivity contribution in [3.05, 3.63) is 51.5 Å². The molecule has 20 heavy (non-hydrogen) atoms. The molecule has 0 aliphatic heterocycles. The van der Waals surface area contributed by atoms with Crippen molar-refractivity contribution in [1.29, 1.82) is 0 Å². The lowest BCUT2D eigenvalue weighted by Crippen LogP contribution is -2.23. The third-order valence-electron chi connectivity index (χ3n) is 2.66. The van der Waals surface area contributed by atoms with Crippen molar-refractivity contribution in [2.75, 3.05) is 6.54 Å². The molecule has 0 fully saturated rings. The number of rotatable bonds is 3. The highest BCUT2D eigenvalue weighted by Gasteiger charge is 2.10. The minimum atomic E-state index is -0.153. The van der Waals surface area contributed by atoms with Crippen LogP contribution in [-0.4, -0.2) is 17.4 Å². The summed E-state index contributed by atoms with van der Waals surface area (Å²) in [5.41, 5.74) is 10.3. The first kappa shape index (κ1) is 14.3. The topological polar surface area (TPSA) is 68.0 Å². The highest BCUT2D eigenvalue weighted by Crippen LogP contribution is 2.11. The number of nitrogens with two attached hydrogens (primary N) is 1. The predicted octanol–water partition coefficient (Wildman–Crippen LogP) is 1.69. The quantitative estimate of drug-likeness (QED) is 0.843. The maximum absolute atomic E-state index is 12.2. The van der Waals surface area contributed by atoms with Crippen LogP contribution in [0.2, 0.25) is 0 Å². The van der Waals surface area contributed by atoms with E-state index in [1.807, 2.05) is 24.4 Å². The zero-order chi connectivity index (χ0) is 14.4. The molecule has 0 saturated heterocycles. The lowest BCUT2D eigenvalue weighted by Gasteiger charge is -2.06. The highest BCUT2D eigenvalue weighted by molar-refractivity contribution is 7.07. The largest absolute Gasteiger partial charge is 0.346 e. The Hall–Kier alpha value is -2.16. The van der Waals surface area contributed by atoms with Crippen LogP contribution in [0.4, 0.5) is 0 Å². The molecule has 0 unspecified atom stereocenters. The van der Waals surface area contributed by atoms with E-state index >= 15 is 0 Å². The standard InChI is InChI=1S/C15H15N3OS/c1-11-4-5-14(12(7-11)3-2-6-16)15(19)17-8-13-9-20-10-18-13/h4-5,7,9-10H,6,8,16H2,1H3,(H,17,19). The average molecular weight is 285 g/mol. The maximum atomic E-state index is 12.2. The second kappa shape index (κ2) is 6.85. The number of nitrogens with one attached hydrogen (secondary N) is 1. The van der Waals surface area contributed by atoms with Gasteiger partial charge in [0, 0.05) is 10.9 Å². The molecule has 2 rings (SSSR count). The molecular formula is C15H15N3OS. The van der Waals surface area contributed by atoms with Crippen molar-refractivity contribution in [3.8, 4) is 11.8 Å². The van der Waals surface area contributed by atoms with Crippen LogP contribution in [0.3, 0.4) is 0 Å². The molecule has 1 aromatic heterocycles. The summed E-state index contributed by atoms with van der Waals surface area (Å²) in [4.78, 5) is 16.3. The summed E-state index contributed by atoms with van der Waals surface area (Å²) < 4.78 is 0. The van der Waals surface area contributed by atoms with E-state index < -0.39 is 0 Å². The molecule has 0 saturated carbocycles. The number of nitrogens with zero attached hydrogens (tertiary/aromatic N) is 1. The van der Waals surface area contributed by atoms with Gasteiger partial charge in [-0.1, -0.05) is 17.9 Å². The first-order valence-corrected chi connectivity index (χ1v) is 7.10. The maximum Gasteiger partial charge on any atom is 0.252 e. The number of thiazole rings is 1. The lowest BCUT2D eigenvalue weighted by atomic mass is 10.0. The Balaban J connectivity index is 2.16. The van der Waals surface area contributed by atoms with Crippen molar-refractivity contribution < 1.29 is 4.79 Å². The first-order valence-electron chi connectivity index (χ1n) is 6.15. The zero-order valence-corrected chi connectivity index (χ0v) is 12.0. The Morgan fingerprint density at radius 1 is 1.50 bits per heavy atom. The molecule has 0 spiro atoms. The molecule has 102 valence electrons. The number of carbonyl (C=O) groups excluding carboxylic acids is 1. The van der Waals surface area contributed by atoms with E-state index in [4.69, 9.17) is 5.73 Å². The van der Waals surface area contributed by atoms with Crippen molar-refractivity contribution in [3.63, 3.8) is 0 Å². The van der Waals surface area contributed by atoms with E-state index in [9.17, 15) is 4.79 Å². The molecule has 5 heteroatoms. The van der Waals surface area contributed by atoms with Crippen LogP contribution in [-0.2, 0) is 6.54 Å². The van der Waals surface area contributed by atoms with Gasteiger partial charge in [0.25, 0.3) is 5.91 Å². The molecular weight excluding hydrogens is 270 g/mol.